The molecule has 1 fully saturated rings. The molecule has 0 spiro atoms. The van der Waals surface area contributed by atoms with E-state index >= 15 is 0 Å². The lowest BCUT2D eigenvalue weighted by atomic mass is 9.80. The monoisotopic (exact) mass is 255 g/mol. The maximum absolute atomic E-state index is 11.9. The Bertz CT molecular complexity index is 272. The average molecular weight is 255 g/mol. The molecule has 1 rings (SSSR count). The summed E-state index contributed by atoms with van der Waals surface area (Å²) >= 11 is 0. The molecule has 1 aliphatic rings. The standard InChI is InChI=1S/C14H29N3O/c1-5-11(2)12(15)13(18)16-10-14(3)6-8-17(4)9-7-14/h11-12H,5-10,15H2,1-4H3,(H,16,18). The van der Waals surface area contributed by atoms with Gasteiger partial charge in [-0.05, 0) is 44.3 Å². The van der Waals surface area contributed by atoms with E-state index in [0.29, 0.717) is 0 Å². The van der Waals surface area contributed by atoms with Crippen molar-refractivity contribution >= 4 is 5.91 Å². The molecule has 1 heterocycles. The van der Waals surface area contributed by atoms with Crippen molar-refractivity contribution in [3.63, 3.8) is 0 Å². The van der Waals surface area contributed by atoms with Crippen LogP contribution in [0.25, 0.3) is 0 Å². The van der Waals surface area contributed by atoms with Crippen LogP contribution < -0.4 is 11.1 Å². The predicted molar refractivity (Wildman–Crippen MR) is 75.3 cm³/mol. The minimum Gasteiger partial charge on any atom is -0.354 e. The molecule has 0 aromatic heterocycles. The highest BCUT2D eigenvalue weighted by molar-refractivity contribution is 5.81. The van der Waals surface area contributed by atoms with Crippen molar-refractivity contribution in [2.45, 2.75) is 46.1 Å². The molecule has 1 aliphatic heterocycles. The van der Waals surface area contributed by atoms with Crippen LogP contribution in [0.3, 0.4) is 0 Å². The Labute approximate surface area is 111 Å². The largest absolute Gasteiger partial charge is 0.354 e. The SMILES string of the molecule is CCC(C)C(N)C(=O)NCC1(C)CCN(C)CC1. The lowest BCUT2D eigenvalue weighted by Gasteiger charge is -2.38. The van der Waals surface area contributed by atoms with Gasteiger partial charge in [-0.25, -0.2) is 0 Å². The summed E-state index contributed by atoms with van der Waals surface area (Å²) in [6, 6.07) is -0.370. The van der Waals surface area contributed by atoms with Crippen LogP contribution in [-0.2, 0) is 4.79 Å². The van der Waals surface area contributed by atoms with Gasteiger partial charge in [-0.3, -0.25) is 4.79 Å². The zero-order valence-corrected chi connectivity index (χ0v) is 12.3. The summed E-state index contributed by atoms with van der Waals surface area (Å²) in [4.78, 5) is 14.3. The molecule has 0 bridgehead atoms. The van der Waals surface area contributed by atoms with Gasteiger partial charge in [0.2, 0.25) is 5.91 Å². The van der Waals surface area contributed by atoms with Crippen molar-refractivity contribution in [1.29, 1.82) is 0 Å². The van der Waals surface area contributed by atoms with Gasteiger partial charge in [0.1, 0.15) is 0 Å². The van der Waals surface area contributed by atoms with E-state index in [1.807, 2.05) is 6.92 Å². The molecular weight excluding hydrogens is 226 g/mol. The summed E-state index contributed by atoms with van der Waals surface area (Å²) in [5.41, 5.74) is 6.17. The number of likely N-dealkylation sites (tertiary alicyclic amines) is 1. The number of rotatable bonds is 5. The molecule has 1 amide bonds. The van der Waals surface area contributed by atoms with Crippen LogP contribution in [0.15, 0.2) is 0 Å². The zero-order valence-electron chi connectivity index (χ0n) is 12.3. The minimum absolute atomic E-state index is 0.00417. The molecule has 2 unspecified atom stereocenters. The Morgan fingerprint density at radius 3 is 2.50 bits per heavy atom. The number of nitrogens with zero attached hydrogens (tertiary/aromatic N) is 1. The first-order valence-corrected chi connectivity index (χ1v) is 7.10. The van der Waals surface area contributed by atoms with Crippen molar-refractivity contribution in [2.24, 2.45) is 17.1 Å². The van der Waals surface area contributed by atoms with E-state index in [1.54, 1.807) is 0 Å². The number of nitrogens with two attached hydrogens (primary N) is 1. The molecule has 0 aliphatic carbocycles. The lowest BCUT2D eigenvalue weighted by Crippen LogP contribution is -2.49. The number of nitrogens with one attached hydrogen (secondary N) is 1. The van der Waals surface area contributed by atoms with E-state index in [9.17, 15) is 4.79 Å². The molecule has 0 saturated carbocycles. The van der Waals surface area contributed by atoms with E-state index in [-0.39, 0.29) is 23.3 Å². The third-order valence-electron chi connectivity index (χ3n) is 4.44. The highest BCUT2D eigenvalue weighted by atomic mass is 16.2. The van der Waals surface area contributed by atoms with Gasteiger partial charge in [0.25, 0.3) is 0 Å². The normalized spacial score (nSPS) is 23.4. The second kappa shape index (κ2) is 6.53. The molecule has 0 radical (unpaired) electrons. The Hall–Kier alpha value is -0.610. The van der Waals surface area contributed by atoms with Crippen molar-refractivity contribution in [2.75, 3.05) is 26.7 Å². The highest BCUT2D eigenvalue weighted by Gasteiger charge is 2.30. The molecule has 18 heavy (non-hydrogen) atoms. The van der Waals surface area contributed by atoms with E-state index in [2.05, 4.69) is 31.1 Å². The first kappa shape index (κ1) is 15.4. The van der Waals surface area contributed by atoms with E-state index in [0.717, 1.165) is 38.9 Å². The molecule has 106 valence electrons. The minimum atomic E-state index is -0.370. The van der Waals surface area contributed by atoms with Gasteiger partial charge < -0.3 is 16.0 Å². The van der Waals surface area contributed by atoms with Gasteiger partial charge in [0, 0.05) is 6.54 Å². The highest BCUT2D eigenvalue weighted by Crippen LogP contribution is 2.29. The van der Waals surface area contributed by atoms with Crippen molar-refractivity contribution in [3.8, 4) is 0 Å². The summed E-state index contributed by atoms with van der Waals surface area (Å²) in [6.07, 6.45) is 3.22. The fourth-order valence-electron chi connectivity index (χ4n) is 2.27. The number of piperidine rings is 1. The molecule has 4 nitrogen and oxygen atoms in total. The number of amides is 1. The number of carbonyl (C=O) groups excluding carboxylic acids is 1. The first-order valence-electron chi connectivity index (χ1n) is 7.10. The van der Waals surface area contributed by atoms with Crippen LogP contribution >= 0.6 is 0 Å². The number of hydrogen-bond donors (Lipinski definition) is 2. The van der Waals surface area contributed by atoms with Crippen LogP contribution in [0, 0.1) is 11.3 Å². The summed E-state index contributed by atoms with van der Waals surface area (Å²) in [5, 5.41) is 3.04. The number of hydrogen-bond acceptors (Lipinski definition) is 3. The second-order valence-electron chi connectivity index (χ2n) is 6.24. The third kappa shape index (κ3) is 4.25. The van der Waals surface area contributed by atoms with Crippen LogP contribution in [0.5, 0.6) is 0 Å². The topological polar surface area (TPSA) is 58.4 Å². The van der Waals surface area contributed by atoms with E-state index in [1.165, 1.54) is 0 Å². The van der Waals surface area contributed by atoms with Crippen molar-refractivity contribution in [3.05, 3.63) is 0 Å². The van der Waals surface area contributed by atoms with E-state index < -0.39 is 0 Å². The average Bonchev–Trinajstić information content (AvgIpc) is 2.38. The molecule has 4 heteroatoms. The van der Waals surface area contributed by atoms with Crippen LogP contribution in [0.2, 0.25) is 0 Å². The Kier molecular flexibility index (Phi) is 5.60. The van der Waals surface area contributed by atoms with Gasteiger partial charge in [0.15, 0.2) is 0 Å². The number of carbonyl (C=O) groups is 1. The molecule has 0 aromatic rings. The quantitative estimate of drug-likeness (QED) is 0.776. The maximum Gasteiger partial charge on any atom is 0.237 e. The second-order valence-corrected chi connectivity index (χ2v) is 6.24. The van der Waals surface area contributed by atoms with Gasteiger partial charge in [-0.2, -0.15) is 0 Å². The Balaban J connectivity index is 2.38. The molecule has 3 N–H and O–H groups in total. The van der Waals surface area contributed by atoms with Gasteiger partial charge in [-0.1, -0.05) is 27.2 Å². The zero-order chi connectivity index (χ0) is 13.8. The van der Waals surface area contributed by atoms with Gasteiger partial charge >= 0.3 is 0 Å². The fraction of sp³-hybridized carbons (Fsp3) is 0.929. The van der Waals surface area contributed by atoms with Crippen LogP contribution in [-0.4, -0.2) is 43.5 Å². The van der Waals surface area contributed by atoms with E-state index in [4.69, 9.17) is 5.73 Å². The maximum atomic E-state index is 11.9. The van der Waals surface area contributed by atoms with Crippen LogP contribution in [0.4, 0.5) is 0 Å². The van der Waals surface area contributed by atoms with Crippen LogP contribution in [0.1, 0.15) is 40.0 Å². The van der Waals surface area contributed by atoms with Gasteiger partial charge in [-0.15, -0.1) is 0 Å². The molecule has 1 saturated heterocycles. The summed E-state index contributed by atoms with van der Waals surface area (Å²) in [5.74, 6) is 0.250. The van der Waals surface area contributed by atoms with Crippen molar-refractivity contribution in [1.82, 2.24) is 10.2 Å². The van der Waals surface area contributed by atoms with Crippen molar-refractivity contribution < 1.29 is 4.79 Å². The predicted octanol–water partition coefficient (Wildman–Crippen LogP) is 1.21. The fourth-order valence-corrected chi connectivity index (χ4v) is 2.27. The third-order valence-corrected chi connectivity index (χ3v) is 4.44. The summed E-state index contributed by atoms with van der Waals surface area (Å²) in [7, 11) is 2.15. The smallest absolute Gasteiger partial charge is 0.237 e. The van der Waals surface area contributed by atoms with Gasteiger partial charge in [0.05, 0.1) is 6.04 Å². The summed E-state index contributed by atoms with van der Waals surface area (Å²) < 4.78 is 0. The Morgan fingerprint density at radius 2 is 2.00 bits per heavy atom. The lowest BCUT2D eigenvalue weighted by molar-refractivity contribution is -0.124. The Morgan fingerprint density at radius 1 is 1.44 bits per heavy atom. The summed E-state index contributed by atoms with van der Waals surface area (Å²) in [6.45, 7) is 9.34. The molecule has 2 atom stereocenters. The first-order chi connectivity index (χ1) is 8.38. The molecular formula is C14H29N3O. The molecule has 0 aromatic carbocycles.